The summed E-state index contributed by atoms with van der Waals surface area (Å²) in [6.45, 7) is 9.64. The van der Waals surface area contributed by atoms with E-state index in [2.05, 4.69) is 33.0 Å². The minimum atomic E-state index is -0.497. The van der Waals surface area contributed by atoms with Crippen molar-refractivity contribution >= 4 is 0 Å². The molecule has 118 valence electrons. The topological polar surface area (TPSA) is 12.0 Å². The molecule has 0 aromatic heterocycles. The van der Waals surface area contributed by atoms with Crippen molar-refractivity contribution in [2.45, 2.75) is 58.9 Å². The van der Waals surface area contributed by atoms with E-state index in [4.69, 9.17) is 0 Å². The maximum Gasteiger partial charge on any atom is 0.129 e. The molecule has 1 aromatic carbocycles. The predicted octanol–water partition coefficient (Wildman–Crippen LogP) is 4.87. The van der Waals surface area contributed by atoms with Crippen LogP contribution in [0.3, 0.4) is 0 Å². The van der Waals surface area contributed by atoms with Gasteiger partial charge in [0.1, 0.15) is 11.6 Å². The number of nitrogens with one attached hydrogen (secondary N) is 1. The van der Waals surface area contributed by atoms with Crippen molar-refractivity contribution in [2.75, 3.05) is 6.54 Å². The summed E-state index contributed by atoms with van der Waals surface area (Å²) >= 11 is 0. The van der Waals surface area contributed by atoms with Crippen molar-refractivity contribution in [3.8, 4) is 0 Å². The Labute approximate surface area is 127 Å². The van der Waals surface area contributed by atoms with Crippen LogP contribution in [-0.4, -0.2) is 12.6 Å². The van der Waals surface area contributed by atoms with Crippen LogP contribution >= 0.6 is 0 Å². The summed E-state index contributed by atoms with van der Waals surface area (Å²) in [6, 6.07) is 4.47. The van der Waals surface area contributed by atoms with Gasteiger partial charge >= 0.3 is 0 Å². The number of hydrogen-bond donors (Lipinski definition) is 1. The third kappa shape index (κ3) is 4.26. The van der Waals surface area contributed by atoms with Crippen LogP contribution in [0.1, 0.15) is 58.4 Å². The molecule has 0 bridgehead atoms. The van der Waals surface area contributed by atoms with E-state index in [9.17, 15) is 8.78 Å². The van der Waals surface area contributed by atoms with Crippen LogP contribution in [0.4, 0.5) is 8.78 Å². The molecule has 1 aliphatic carbocycles. The van der Waals surface area contributed by atoms with Gasteiger partial charge in [-0.1, -0.05) is 33.8 Å². The summed E-state index contributed by atoms with van der Waals surface area (Å²) in [6.07, 6.45) is 3.21. The Hall–Kier alpha value is -0.960. The van der Waals surface area contributed by atoms with Crippen molar-refractivity contribution in [1.29, 1.82) is 0 Å². The molecular weight excluding hydrogens is 268 g/mol. The van der Waals surface area contributed by atoms with Gasteiger partial charge in [0.25, 0.3) is 0 Å². The predicted molar refractivity (Wildman–Crippen MR) is 83.4 cm³/mol. The molecule has 1 fully saturated rings. The highest BCUT2D eigenvalue weighted by molar-refractivity contribution is 5.24. The maximum absolute atomic E-state index is 14.2. The van der Waals surface area contributed by atoms with Gasteiger partial charge in [0.05, 0.1) is 0 Å². The van der Waals surface area contributed by atoms with Crippen LogP contribution in [0.5, 0.6) is 0 Å². The summed E-state index contributed by atoms with van der Waals surface area (Å²) in [5, 5.41) is 3.48. The Morgan fingerprint density at radius 1 is 1.29 bits per heavy atom. The minimum absolute atomic E-state index is 0.167. The van der Waals surface area contributed by atoms with Gasteiger partial charge in [-0.25, -0.2) is 8.78 Å². The largest absolute Gasteiger partial charge is 0.314 e. The van der Waals surface area contributed by atoms with E-state index in [0.29, 0.717) is 17.5 Å². The molecule has 0 amide bonds. The van der Waals surface area contributed by atoms with Crippen molar-refractivity contribution in [3.63, 3.8) is 0 Å². The average molecular weight is 295 g/mol. The number of benzene rings is 1. The number of rotatable bonds is 4. The van der Waals surface area contributed by atoms with Gasteiger partial charge in [0.2, 0.25) is 0 Å². The molecule has 1 aliphatic rings. The Morgan fingerprint density at radius 3 is 2.62 bits per heavy atom. The van der Waals surface area contributed by atoms with Crippen molar-refractivity contribution in [3.05, 3.63) is 35.4 Å². The SMILES string of the molecule is CC(C)NCC1CCC(C)(C)CC1c1ccc(F)cc1F. The van der Waals surface area contributed by atoms with Crippen LogP contribution in [-0.2, 0) is 0 Å². The molecule has 2 rings (SSSR count). The zero-order valence-electron chi connectivity index (χ0n) is 13.5. The van der Waals surface area contributed by atoms with Crippen LogP contribution in [0.2, 0.25) is 0 Å². The van der Waals surface area contributed by atoms with Crippen molar-refractivity contribution in [2.24, 2.45) is 11.3 Å². The minimum Gasteiger partial charge on any atom is -0.314 e. The van der Waals surface area contributed by atoms with E-state index in [-0.39, 0.29) is 11.3 Å². The first-order chi connectivity index (χ1) is 9.78. The van der Waals surface area contributed by atoms with Gasteiger partial charge < -0.3 is 5.32 Å². The molecule has 0 heterocycles. The smallest absolute Gasteiger partial charge is 0.129 e. The maximum atomic E-state index is 14.2. The molecule has 0 aliphatic heterocycles. The van der Waals surface area contributed by atoms with Gasteiger partial charge in [0.15, 0.2) is 0 Å². The first-order valence-corrected chi connectivity index (χ1v) is 7.97. The molecule has 1 N–H and O–H groups in total. The molecular formula is C18H27F2N. The Kier molecular flexibility index (Phi) is 5.03. The number of halogens is 2. The first-order valence-electron chi connectivity index (χ1n) is 7.97. The Morgan fingerprint density at radius 2 is 2.00 bits per heavy atom. The highest BCUT2D eigenvalue weighted by Crippen LogP contribution is 2.47. The third-order valence-corrected chi connectivity index (χ3v) is 4.68. The van der Waals surface area contributed by atoms with Crippen molar-refractivity contribution < 1.29 is 8.78 Å². The van der Waals surface area contributed by atoms with Crippen LogP contribution in [0.25, 0.3) is 0 Å². The fourth-order valence-electron chi connectivity index (χ4n) is 3.44. The third-order valence-electron chi connectivity index (χ3n) is 4.68. The second kappa shape index (κ2) is 6.43. The van der Waals surface area contributed by atoms with Gasteiger partial charge in [-0.05, 0) is 54.7 Å². The van der Waals surface area contributed by atoms with E-state index >= 15 is 0 Å². The van der Waals surface area contributed by atoms with Gasteiger partial charge in [-0.15, -0.1) is 0 Å². The molecule has 2 unspecified atom stereocenters. The molecule has 3 heteroatoms. The van der Waals surface area contributed by atoms with Crippen LogP contribution in [0.15, 0.2) is 18.2 Å². The second-order valence-corrected chi connectivity index (χ2v) is 7.50. The monoisotopic (exact) mass is 295 g/mol. The fraction of sp³-hybridized carbons (Fsp3) is 0.667. The zero-order chi connectivity index (χ0) is 15.6. The second-order valence-electron chi connectivity index (χ2n) is 7.50. The summed E-state index contributed by atoms with van der Waals surface area (Å²) < 4.78 is 27.4. The molecule has 1 aromatic rings. The quantitative estimate of drug-likeness (QED) is 0.835. The van der Waals surface area contributed by atoms with Crippen molar-refractivity contribution in [1.82, 2.24) is 5.32 Å². The Bertz CT molecular complexity index is 480. The zero-order valence-corrected chi connectivity index (χ0v) is 13.5. The van der Waals surface area contributed by atoms with Crippen LogP contribution in [0, 0.1) is 23.0 Å². The molecule has 0 radical (unpaired) electrons. The van der Waals surface area contributed by atoms with Crippen LogP contribution < -0.4 is 5.32 Å². The summed E-state index contributed by atoms with van der Waals surface area (Å²) in [5.74, 6) is -0.309. The normalized spacial score (nSPS) is 25.3. The first kappa shape index (κ1) is 16.4. The lowest BCUT2D eigenvalue weighted by atomic mass is 9.65. The van der Waals surface area contributed by atoms with Gasteiger partial charge in [-0.2, -0.15) is 0 Å². The Balaban J connectivity index is 2.24. The molecule has 0 saturated heterocycles. The van der Waals surface area contributed by atoms with E-state index in [1.165, 1.54) is 6.07 Å². The lowest BCUT2D eigenvalue weighted by molar-refractivity contribution is 0.156. The molecule has 21 heavy (non-hydrogen) atoms. The highest BCUT2D eigenvalue weighted by Gasteiger charge is 2.36. The standard InChI is InChI=1S/C18H27F2N/c1-12(2)21-11-13-7-8-18(3,4)10-16(13)15-6-5-14(19)9-17(15)20/h5-6,9,12-13,16,21H,7-8,10-11H2,1-4H3. The molecule has 0 spiro atoms. The highest BCUT2D eigenvalue weighted by atomic mass is 19.1. The van der Waals surface area contributed by atoms with Gasteiger partial charge in [0, 0.05) is 12.1 Å². The average Bonchev–Trinajstić information content (AvgIpc) is 2.36. The van der Waals surface area contributed by atoms with E-state index in [1.807, 2.05) is 0 Å². The van der Waals surface area contributed by atoms with E-state index in [1.54, 1.807) is 6.07 Å². The fourth-order valence-corrected chi connectivity index (χ4v) is 3.44. The molecule has 1 nitrogen and oxygen atoms in total. The molecule has 2 atom stereocenters. The lowest BCUT2D eigenvalue weighted by Gasteiger charge is -2.41. The number of hydrogen-bond acceptors (Lipinski definition) is 1. The summed E-state index contributed by atoms with van der Waals surface area (Å²) in [4.78, 5) is 0. The van der Waals surface area contributed by atoms with E-state index < -0.39 is 11.6 Å². The summed E-state index contributed by atoms with van der Waals surface area (Å²) in [7, 11) is 0. The summed E-state index contributed by atoms with van der Waals surface area (Å²) in [5.41, 5.74) is 0.902. The lowest BCUT2D eigenvalue weighted by Crippen LogP contribution is -2.37. The van der Waals surface area contributed by atoms with Gasteiger partial charge in [-0.3, -0.25) is 0 Å². The molecule has 1 saturated carbocycles. The van der Waals surface area contributed by atoms with E-state index in [0.717, 1.165) is 31.9 Å².